The summed E-state index contributed by atoms with van der Waals surface area (Å²) in [4.78, 5) is 3.19. The van der Waals surface area contributed by atoms with Gasteiger partial charge in [-0.1, -0.05) is 0 Å². The second-order valence-corrected chi connectivity index (χ2v) is 4.06. The summed E-state index contributed by atoms with van der Waals surface area (Å²) in [6, 6.07) is 2.10. The first kappa shape index (κ1) is 8.05. The Kier molecular flexibility index (Phi) is 2.30. The molecule has 0 atom stereocenters. The van der Waals surface area contributed by atoms with Crippen LogP contribution in [0, 0.1) is 0 Å². The van der Waals surface area contributed by atoms with Gasteiger partial charge in [0.05, 0.1) is 0 Å². The third-order valence-corrected chi connectivity index (χ3v) is 2.59. The Morgan fingerprint density at radius 3 is 2.75 bits per heavy atom. The zero-order chi connectivity index (χ0) is 8.39. The molecule has 3 heteroatoms. The van der Waals surface area contributed by atoms with Gasteiger partial charge in [0.15, 0.2) is 6.21 Å². The van der Waals surface area contributed by atoms with Crippen molar-refractivity contribution in [1.29, 1.82) is 0 Å². The van der Waals surface area contributed by atoms with Gasteiger partial charge in [-0.15, -0.1) is 0 Å². The number of nitrogens with one attached hydrogen (secondary N) is 1. The Hall–Kier alpha value is -0.570. The van der Waals surface area contributed by atoms with Crippen molar-refractivity contribution in [2.24, 2.45) is 0 Å². The lowest BCUT2D eigenvalue weighted by Gasteiger charge is -1.88. The first-order chi connectivity index (χ1) is 5.84. The summed E-state index contributed by atoms with van der Waals surface area (Å²) in [6.07, 6.45) is 6.82. The van der Waals surface area contributed by atoms with Crippen molar-refractivity contribution in [2.75, 3.05) is 13.1 Å². The molecule has 1 aliphatic rings. The molecule has 0 saturated carbocycles. The molecule has 1 aromatic heterocycles. The fourth-order valence-electron chi connectivity index (χ4n) is 1.53. The molecule has 0 aliphatic carbocycles. The lowest BCUT2D eigenvalue weighted by atomic mass is 10.4. The van der Waals surface area contributed by atoms with Gasteiger partial charge in [-0.2, -0.15) is 0 Å². The summed E-state index contributed by atoms with van der Waals surface area (Å²) in [6.45, 7) is 2.41. The van der Waals surface area contributed by atoms with E-state index in [1.165, 1.54) is 31.6 Å². The average molecular weight is 228 g/mol. The van der Waals surface area contributed by atoms with Crippen LogP contribution in [0.25, 0.3) is 0 Å². The number of hydrogen-bond acceptors (Lipinski definition) is 0. The summed E-state index contributed by atoms with van der Waals surface area (Å²) in [5.74, 6) is 0. The average Bonchev–Trinajstić information content (AvgIpc) is 2.63. The van der Waals surface area contributed by atoms with E-state index in [1.807, 2.05) is 6.20 Å². The maximum atomic E-state index is 3.41. The van der Waals surface area contributed by atoms with Crippen LogP contribution < -0.4 is 0 Å². The van der Waals surface area contributed by atoms with Crippen molar-refractivity contribution in [1.82, 2.24) is 4.98 Å². The molecule has 0 amide bonds. The molecular formula is C9H12BrN2+. The van der Waals surface area contributed by atoms with E-state index < -0.39 is 0 Å². The Balaban J connectivity index is 2.15. The van der Waals surface area contributed by atoms with E-state index in [-0.39, 0.29) is 0 Å². The molecule has 1 aliphatic heterocycles. The molecule has 0 spiro atoms. The second kappa shape index (κ2) is 3.44. The van der Waals surface area contributed by atoms with Gasteiger partial charge in [0.2, 0.25) is 0 Å². The van der Waals surface area contributed by atoms with Crippen LogP contribution in [0.4, 0.5) is 0 Å². The molecule has 0 aromatic carbocycles. The SMILES string of the molecule is Brc1c[nH]c(C=[N+]2CCCC2)c1. The summed E-state index contributed by atoms with van der Waals surface area (Å²) < 4.78 is 3.48. The van der Waals surface area contributed by atoms with Gasteiger partial charge >= 0.3 is 0 Å². The predicted molar refractivity (Wildman–Crippen MR) is 52.9 cm³/mol. The van der Waals surface area contributed by atoms with Crippen LogP contribution in [0.5, 0.6) is 0 Å². The minimum atomic E-state index is 1.12. The standard InChI is InChI=1S/C9H11BrN2/c10-8-5-9(11-6-8)7-12-3-1-2-4-12/h5-7H,1-4H2/p+1. The fraction of sp³-hybridized carbons (Fsp3) is 0.444. The molecule has 12 heavy (non-hydrogen) atoms. The van der Waals surface area contributed by atoms with Crippen LogP contribution in [0.1, 0.15) is 18.5 Å². The van der Waals surface area contributed by atoms with E-state index >= 15 is 0 Å². The number of H-pyrrole nitrogens is 1. The van der Waals surface area contributed by atoms with Gasteiger partial charge in [0.25, 0.3) is 0 Å². The summed E-state index contributed by atoms with van der Waals surface area (Å²) in [5, 5.41) is 0. The fourth-order valence-corrected chi connectivity index (χ4v) is 1.89. The molecule has 1 saturated heterocycles. The molecule has 0 bridgehead atoms. The molecule has 2 nitrogen and oxygen atoms in total. The molecule has 2 rings (SSSR count). The Morgan fingerprint density at radius 2 is 2.17 bits per heavy atom. The van der Waals surface area contributed by atoms with Crippen LogP contribution in [0.2, 0.25) is 0 Å². The van der Waals surface area contributed by atoms with Gasteiger partial charge < -0.3 is 4.98 Å². The van der Waals surface area contributed by atoms with Crippen molar-refractivity contribution in [3.8, 4) is 0 Å². The summed E-state index contributed by atoms with van der Waals surface area (Å²) in [7, 11) is 0. The van der Waals surface area contributed by atoms with Crippen molar-refractivity contribution in [2.45, 2.75) is 12.8 Å². The summed E-state index contributed by atoms with van der Waals surface area (Å²) >= 11 is 3.41. The minimum Gasteiger partial charge on any atom is -0.356 e. The van der Waals surface area contributed by atoms with Crippen molar-refractivity contribution in [3.63, 3.8) is 0 Å². The number of rotatable bonds is 1. The highest BCUT2D eigenvalue weighted by Crippen LogP contribution is 2.09. The smallest absolute Gasteiger partial charge is 0.187 e. The van der Waals surface area contributed by atoms with Gasteiger partial charge in [-0.25, -0.2) is 4.58 Å². The number of aromatic amines is 1. The monoisotopic (exact) mass is 227 g/mol. The van der Waals surface area contributed by atoms with Crippen LogP contribution in [-0.2, 0) is 0 Å². The highest BCUT2D eigenvalue weighted by molar-refractivity contribution is 9.10. The van der Waals surface area contributed by atoms with Gasteiger partial charge in [-0.05, 0) is 22.0 Å². The normalized spacial score (nSPS) is 16.9. The van der Waals surface area contributed by atoms with Crippen molar-refractivity contribution in [3.05, 3.63) is 22.4 Å². The Labute approximate surface area is 80.4 Å². The number of halogens is 1. The van der Waals surface area contributed by atoms with Crippen LogP contribution >= 0.6 is 15.9 Å². The van der Waals surface area contributed by atoms with Crippen molar-refractivity contribution < 1.29 is 4.58 Å². The van der Waals surface area contributed by atoms with E-state index in [0.717, 1.165) is 4.47 Å². The summed E-state index contributed by atoms with van der Waals surface area (Å²) in [5.41, 5.74) is 1.18. The van der Waals surface area contributed by atoms with Crippen LogP contribution in [-0.4, -0.2) is 28.9 Å². The van der Waals surface area contributed by atoms with Gasteiger partial charge in [-0.3, -0.25) is 0 Å². The largest absolute Gasteiger partial charge is 0.356 e. The Bertz CT molecular complexity index is 293. The van der Waals surface area contributed by atoms with Crippen LogP contribution in [0.3, 0.4) is 0 Å². The quantitative estimate of drug-likeness (QED) is 0.709. The molecule has 2 heterocycles. The third-order valence-electron chi connectivity index (χ3n) is 2.13. The van der Waals surface area contributed by atoms with Crippen LogP contribution in [0.15, 0.2) is 16.7 Å². The molecule has 1 fully saturated rings. The molecule has 1 aromatic rings. The lowest BCUT2D eigenvalue weighted by Crippen LogP contribution is -2.07. The zero-order valence-corrected chi connectivity index (χ0v) is 8.47. The van der Waals surface area contributed by atoms with E-state index in [2.05, 4.69) is 37.8 Å². The minimum absolute atomic E-state index is 1.12. The molecule has 0 radical (unpaired) electrons. The highest BCUT2D eigenvalue weighted by Gasteiger charge is 2.12. The predicted octanol–water partition coefficient (Wildman–Crippen LogP) is 2.00. The van der Waals surface area contributed by atoms with Gasteiger partial charge in [0, 0.05) is 23.5 Å². The van der Waals surface area contributed by atoms with E-state index in [1.54, 1.807) is 0 Å². The van der Waals surface area contributed by atoms with E-state index in [9.17, 15) is 0 Å². The van der Waals surface area contributed by atoms with Gasteiger partial charge in [0.1, 0.15) is 18.8 Å². The third kappa shape index (κ3) is 1.78. The number of nitrogens with zero attached hydrogens (tertiary/aromatic N) is 1. The van der Waals surface area contributed by atoms with E-state index in [0.29, 0.717) is 0 Å². The second-order valence-electron chi connectivity index (χ2n) is 3.15. The lowest BCUT2D eigenvalue weighted by molar-refractivity contribution is -0.500. The maximum absolute atomic E-state index is 3.41. The number of hydrogen-bond donors (Lipinski definition) is 1. The van der Waals surface area contributed by atoms with E-state index in [4.69, 9.17) is 0 Å². The number of aromatic nitrogens is 1. The molecule has 1 N–H and O–H groups in total. The first-order valence-electron chi connectivity index (χ1n) is 4.27. The Morgan fingerprint density at radius 1 is 1.42 bits per heavy atom. The zero-order valence-electron chi connectivity index (χ0n) is 6.89. The highest BCUT2D eigenvalue weighted by atomic mass is 79.9. The molecule has 64 valence electrons. The van der Waals surface area contributed by atoms with Crippen molar-refractivity contribution >= 4 is 22.1 Å². The maximum Gasteiger partial charge on any atom is 0.187 e. The molecule has 0 unspecified atom stereocenters. The molecular weight excluding hydrogens is 216 g/mol. The first-order valence-corrected chi connectivity index (χ1v) is 5.07. The topological polar surface area (TPSA) is 18.8 Å².